The van der Waals surface area contributed by atoms with E-state index in [-0.39, 0.29) is 0 Å². The Morgan fingerprint density at radius 2 is 1.77 bits per heavy atom. The number of rotatable bonds is 3. The number of nitrogens with two attached hydrogens (primary N) is 1. The average Bonchev–Trinajstić information content (AvgIpc) is 2.04. The van der Waals surface area contributed by atoms with Crippen molar-refractivity contribution >= 4 is 12.4 Å². The summed E-state index contributed by atoms with van der Waals surface area (Å²) in [7, 11) is -2.09. The van der Waals surface area contributed by atoms with Crippen molar-refractivity contribution in [2.75, 3.05) is 19.9 Å². The van der Waals surface area contributed by atoms with Crippen LogP contribution in [0.5, 0.6) is 0 Å². The lowest BCUT2D eigenvalue weighted by molar-refractivity contribution is 0.588. The molecule has 0 atom stereocenters. The zero-order valence-corrected chi connectivity index (χ0v) is 9.05. The first-order valence-electron chi connectivity index (χ1n) is 4.38. The molecule has 0 fully saturated rings. The molecule has 1 aromatic rings. The smallest absolute Gasteiger partial charge is 0.109 e. The molecule has 0 unspecified atom stereocenters. The van der Waals surface area contributed by atoms with Gasteiger partial charge in [0, 0.05) is 5.30 Å². The molecule has 0 aliphatic rings. The van der Waals surface area contributed by atoms with Gasteiger partial charge in [-0.25, -0.2) is 0 Å². The van der Waals surface area contributed by atoms with E-state index in [0.29, 0.717) is 6.54 Å². The van der Waals surface area contributed by atoms with Crippen LogP contribution in [-0.4, -0.2) is 19.9 Å². The Hall–Kier alpha value is -0.590. The summed E-state index contributed by atoms with van der Waals surface area (Å²) in [5, 5.41) is 0.938. The summed E-state index contributed by atoms with van der Waals surface area (Å²) < 4.78 is 11.7. The van der Waals surface area contributed by atoms with Crippen molar-refractivity contribution in [3.8, 4) is 0 Å². The number of hydrogen-bond donors (Lipinski definition) is 1. The van der Waals surface area contributed by atoms with E-state index >= 15 is 0 Å². The van der Waals surface area contributed by atoms with E-state index < -0.39 is 7.14 Å². The quantitative estimate of drug-likeness (QED) is 0.745. The van der Waals surface area contributed by atoms with Gasteiger partial charge in [0.05, 0.1) is 0 Å². The molecule has 0 heterocycles. The van der Waals surface area contributed by atoms with Gasteiger partial charge in [0.2, 0.25) is 0 Å². The summed E-state index contributed by atoms with van der Waals surface area (Å²) in [4.78, 5) is 0. The van der Waals surface area contributed by atoms with Crippen LogP contribution in [0.2, 0.25) is 0 Å². The van der Waals surface area contributed by atoms with E-state index in [1.54, 1.807) is 13.3 Å². The average molecular weight is 197 g/mol. The maximum Gasteiger partial charge on any atom is 0.109 e. The van der Waals surface area contributed by atoms with Crippen molar-refractivity contribution in [1.82, 2.24) is 0 Å². The highest BCUT2D eigenvalue weighted by atomic mass is 31.2. The molecular formula is C10H16NOP. The molecule has 0 spiro atoms. The van der Waals surface area contributed by atoms with E-state index in [1.807, 2.05) is 24.3 Å². The Bertz CT molecular complexity index is 312. The SMILES string of the molecule is CP(C)(=O)c1ccc(CCN)cc1. The van der Waals surface area contributed by atoms with Gasteiger partial charge in [-0.1, -0.05) is 24.3 Å². The van der Waals surface area contributed by atoms with Gasteiger partial charge >= 0.3 is 0 Å². The molecule has 2 nitrogen and oxygen atoms in total. The molecule has 2 N–H and O–H groups in total. The van der Waals surface area contributed by atoms with E-state index in [2.05, 4.69) is 0 Å². The highest BCUT2D eigenvalue weighted by Gasteiger charge is 2.09. The van der Waals surface area contributed by atoms with Crippen LogP contribution in [0.1, 0.15) is 5.56 Å². The van der Waals surface area contributed by atoms with Gasteiger partial charge < -0.3 is 10.3 Å². The third-order valence-electron chi connectivity index (χ3n) is 1.99. The van der Waals surface area contributed by atoms with Crippen molar-refractivity contribution in [3.63, 3.8) is 0 Å². The van der Waals surface area contributed by atoms with Crippen LogP contribution < -0.4 is 11.0 Å². The minimum absolute atomic E-state index is 0.662. The first-order chi connectivity index (χ1) is 6.04. The summed E-state index contributed by atoms with van der Waals surface area (Å²) in [5.74, 6) is 0. The first kappa shape index (κ1) is 10.5. The Kier molecular flexibility index (Phi) is 3.29. The molecule has 0 aliphatic carbocycles. The molecule has 0 saturated heterocycles. The van der Waals surface area contributed by atoms with Crippen LogP contribution in [0.15, 0.2) is 24.3 Å². The van der Waals surface area contributed by atoms with Gasteiger partial charge in [-0.05, 0) is 31.9 Å². The molecule has 72 valence electrons. The Balaban J connectivity index is 2.88. The van der Waals surface area contributed by atoms with Crippen molar-refractivity contribution in [2.45, 2.75) is 6.42 Å². The second-order valence-corrected chi connectivity index (χ2v) is 6.77. The molecule has 0 amide bonds. The molecule has 0 aliphatic heterocycles. The summed E-state index contributed by atoms with van der Waals surface area (Å²) in [5.41, 5.74) is 6.64. The van der Waals surface area contributed by atoms with Gasteiger partial charge in [0.1, 0.15) is 7.14 Å². The van der Waals surface area contributed by atoms with Crippen LogP contribution in [0.25, 0.3) is 0 Å². The molecule has 1 aromatic carbocycles. The van der Waals surface area contributed by atoms with Crippen LogP contribution in [0.4, 0.5) is 0 Å². The van der Waals surface area contributed by atoms with E-state index in [0.717, 1.165) is 11.7 Å². The molecule has 1 rings (SSSR count). The molecule has 0 radical (unpaired) electrons. The van der Waals surface area contributed by atoms with E-state index in [9.17, 15) is 4.57 Å². The number of hydrogen-bond acceptors (Lipinski definition) is 2. The maximum atomic E-state index is 11.7. The van der Waals surface area contributed by atoms with Crippen LogP contribution in [0.3, 0.4) is 0 Å². The zero-order chi connectivity index (χ0) is 9.90. The lowest BCUT2D eigenvalue weighted by Crippen LogP contribution is -2.06. The van der Waals surface area contributed by atoms with Crippen molar-refractivity contribution in [3.05, 3.63) is 29.8 Å². The van der Waals surface area contributed by atoms with Crippen LogP contribution in [-0.2, 0) is 11.0 Å². The molecule has 0 bridgehead atoms. The Morgan fingerprint density at radius 1 is 1.23 bits per heavy atom. The zero-order valence-electron chi connectivity index (χ0n) is 8.16. The van der Waals surface area contributed by atoms with Gasteiger partial charge in [-0.15, -0.1) is 0 Å². The molecule has 0 aromatic heterocycles. The topological polar surface area (TPSA) is 43.1 Å². The van der Waals surface area contributed by atoms with E-state index in [4.69, 9.17) is 5.73 Å². The fourth-order valence-corrected chi connectivity index (χ4v) is 2.06. The summed E-state index contributed by atoms with van der Waals surface area (Å²) >= 11 is 0. The maximum absolute atomic E-state index is 11.7. The highest BCUT2D eigenvalue weighted by molar-refractivity contribution is 7.70. The van der Waals surface area contributed by atoms with Gasteiger partial charge in [0.15, 0.2) is 0 Å². The minimum atomic E-state index is -2.09. The van der Waals surface area contributed by atoms with Gasteiger partial charge in [-0.3, -0.25) is 0 Å². The third kappa shape index (κ3) is 2.98. The summed E-state index contributed by atoms with van der Waals surface area (Å²) in [6.07, 6.45) is 0.887. The predicted molar refractivity (Wildman–Crippen MR) is 58.3 cm³/mol. The van der Waals surface area contributed by atoms with Crippen LogP contribution >= 0.6 is 7.14 Å². The normalized spacial score (nSPS) is 11.6. The summed E-state index contributed by atoms with van der Waals surface area (Å²) in [6, 6.07) is 7.88. The molecule has 13 heavy (non-hydrogen) atoms. The molecular weight excluding hydrogens is 181 g/mol. The first-order valence-corrected chi connectivity index (χ1v) is 6.98. The van der Waals surface area contributed by atoms with Crippen molar-refractivity contribution in [1.29, 1.82) is 0 Å². The standard InChI is InChI=1S/C10H16NOP/c1-13(2,12)10-5-3-9(4-6-10)7-8-11/h3-6H,7-8,11H2,1-2H3. The van der Waals surface area contributed by atoms with Crippen molar-refractivity contribution < 1.29 is 4.57 Å². The van der Waals surface area contributed by atoms with E-state index in [1.165, 1.54) is 5.56 Å². The fourth-order valence-electron chi connectivity index (χ4n) is 1.19. The van der Waals surface area contributed by atoms with Crippen LogP contribution in [0, 0.1) is 0 Å². The monoisotopic (exact) mass is 197 g/mol. The Labute approximate surface area is 79.5 Å². The lowest BCUT2D eigenvalue weighted by atomic mass is 10.2. The van der Waals surface area contributed by atoms with Gasteiger partial charge in [-0.2, -0.15) is 0 Å². The van der Waals surface area contributed by atoms with Gasteiger partial charge in [0.25, 0.3) is 0 Å². The summed E-state index contributed by atoms with van der Waals surface area (Å²) in [6.45, 7) is 4.23. The predicted octanol–water partition coefficient (Wildman–Crippen LogP) is 1.44. The van der Waals surface area contributed by atoms with Crippen molar-refractivity contribution in [2.24, 2.45) is 5.73 Å². The number of benzene rings is 1. The molecule has 3 heteroatoms. The third-order valence-corrected chi connectivity index (χ3v) is 3.53. The fraction of sp³-hybridized carbons (Fsp3) is 0.400. The second-order valence-electron chi connectivity index (χ2n) is 3.56. The second kappa shape index (κ2) is 4.08. The highest BCUT2D eigenvalue weighted by Crippen LogP contribution is 2.34. The molecule has 0 saturated carbocycles. The Morgan fingerprint density at radius 3 is 2.15 bits per heavy atom. The largest absolute Gasteiger partial charge is 0.330 e. The minimum Gasteiger partial charge on any atom is -0.330 e. The lowest BCUT2D eigenvalue weighted by Gasteiger charge is -2.07.